The molecule has 14 heteroatoms. The Morgan fingerprint density at radius 2 is 1.90 bits per heavy atom. The number of piperidine rings is 1. The standard InChI is InChI=1S/C26H32N4O7S3/c1-26(2,3)37-25(33)30-10-7-16(8-11-30)20-12-17-13-21(39-24(17)38-20)22(31)28-15-19(23(32)36-4)29-40(34,35)18-6-5-9-27-14-18/h5-6,9,12-14,16,19,29H,7-8,10-11,15H2,1-4H3,(H,28,31)/t19-/m0/s1. The van der Waals surface area contributed by atoms with Crippen LogP contribution in [0.5, 0.6) is 0 Å². The van der Waals surface area contributed by atoms with E-state index in [9.17, 15) is 22.8 Å². The zero-order valence-corrected chi connectivity index (χ0v) is 25.1. The highest BCUT2D eigenvalue weighted by atomic mass is 32.2. The molecule has 0 unspecified atom stereocenters. The lowest BCUT2D eigenvalue weighted by Crippen LogP contribution is -2.48. The van der Waals surface area contributed by atoms with E-state index in [1.165, 1.54) is 34.5 Å². The number of nitrogens with one attached hydrogen (secondary N) is 2. The molecule has 0 radical (unpaired) electrons. The molecule has 1 aliphatic rings. The highest BCUT2D eigenvalue weighted by Gasteiger charge is 2.30. The van der Waals surface area contributed by atoms with Gasteiger partial charge in [0.25, 0.3) is 5.91 Å². The molecule has 216 valence electrons. The summed E-state index contributed by atoms with van der Waals surface area (Å²) < 4.78 is 38.7. The van der Waals surface area contributed by atoms with Gasteiger partial charge in [0.05, 0.1) is 16.0 Å². The number of nitrogens with zero attached hydrogens (tertiary/aromatic N) is 2. The van der Waals surface area contributed by atoms with E-state index in [0.29, 0.717) is 23.9 Å². The molecule has 3 aromatic heterocycles. The number of ether oxygens (including phenoxy) is 2. The smallest absolute Gasteiger partial charge is 0.410 e. The van der Waals surface area contributed by atoms with Crippen LogP contribution in [0.15, 0.2) is 41.6 Å². The van der Waals surface area contributed by atoms with Gasteiger partial charge < -0.3 is 19.7 Å². The number of fused-ring (bicyclic) bond motifs is 1. The number of hydrogen-bond donors (Lipinski definition) is 2. The van der Waals surface area contributed by atoms with Gasteiger partial charge in [0, 0.05) is 42.3 Å². The number of methoxy groups -OCH3 is 1. The SMILES string of the molecule is COC(=O)[C@H](CNC(=O)c1cc2cc(C3CCN(C(=O)OC(C)(C)C)CC3)sc2s1)NS(=O)(=O)c1cccnc1. The molecule has 3 aromatic rings. The van der Waals surface area contributed by atoms with E-state index >= 15 is 0 Å². The topological polar surface area (TPSA) is 144 Å². The zero-order chi connectivity index (χ0) is 29.1. The summed E-state index contributed by atoms with van der Waals surface area (Å²) in [6.07, 6.45) is 3.98. The Labute approximate surface area is 240 Å². The molecular formula is C26H32N4O7S3. The molecule has 1 saturated heterocycles. The average Bonchev–Trinajstić information content (AvgIpc) is 3.50. The monoisotopic (exact) mass is 608 g/mol. The Morgan fingerprint density at radius 1 is 1.18 bits per heavy atom. The number of esters is 1. The van der Waals surface area contributed by atoms with Crippen LogP contribution < -0.4 is 10.0 Å². The van der Waals surface area contributed by atoms with Crippen molar-refractivity contribution in [3.63, 3.8) is 0 Å². The van der Waals surface area contributed by atoms with Crippen molar-refractivity contribution in [2.24, 2.45) is 0 Å². The summed E-state index contributed by atoms with van der Waals surface area (Å²) in [5, 5.41) is 3.58. The summed E-state index contributed by atoms with van der Waals surface area (Å²) in [7, 11) is -2.92. The highest BCUT2D eigenvalue weighted by Crippen LogP contribution is 2.40. The largest absolute Gasteiger partial charge is 0.468 e. The lowest BCUT2D eigenvalue weighted by molar-refractivity contribution is -0.142. The summed E-state index contributed by atoms with van der Waals surface area (Å²) >= 11 is 2.97. The second-order valence-electron chi connectivity index (χ2n) is 10.3. The Hall–Kier alpha value is -3.07. The number of likely N-dealkylation sites (tertiary alicyclic amines) is 1. The predicted octanol–water partition coefficient (Wildman–Crippen LogP) is 3.72. The van der Waals surface area contributed by atoms with Crippen molar-refractivity contribution in [2.45, 2.75) is 56.1 Å². The van der Waals surface area contributed by atoms with Gasteiger partial charge in [0.15, 0.2) is 0 Å². The van der Waals surface area contributed by atoms with Gasteiger partial charge in [0.2, 0.25) is 10.0 Å². The lowest BCUT2D eigenvalue weighted by atomic mass is 9.95. The maximum absolute atomic E-state index is 12.9. The van der Waals surface area contributed by atoms with Crippen LogP contribution in [0.1, 0.15) is 54.1 Å². The predicted molar refractivity (Wildman–Crippen MR) is 152 cm³/mol. The molecule has 1 atom stereocenters. The molecule has 40 heavy (non-hydrogen) atoms. The number of thiophene rings is 2. The van der Waals surface area contributed by atoms with Crippen LogP contribution in [-0.2, 0) is 24.3 Å². The first-order valence-electron chi connectivity index (χ1n) is 12.7. The van der Waals surface area contributed by atoms with E-state index in [2.05, 4.69) is 21.1 Å². The fraction of sp³-hybridized carbons (Fsp3) is 0.462. The fourth-order valence-electron chi connectivity index (χ4n) is 4.20. The van der Waals surface area contributed by atoms with Gasteiger partial charge >= 0.3 is 12.1 Å². The summed E-state index contributed by atoms with van der Waals surface area (Å²) in [5.41, 5.74) is -0.523. The van der Waals surface area contributed by atoms with E-state index in [0.717, 1.165) is 35.5 Å². The van der Waals surface area contributed by atoms with Crippen molar-refractivity contribution < 1.29 is 32.3 Å². The van der Waals surface area contributed by atoms with Gasteiger partial charge in [-0.05, 0) is 63.8 Å². The number of carbonyl (C=O) groups excluding carboxylic acids is 3. The van der Waals surface area contributed by atoms with Gasteiger partial charge in [0.1, 0.15) is 16.5 Å². The first-order valence-corrected chi connectivity index (χ1v) is 15.8. The molecule has 2 N–H and O–H groups in total. The second-order valence-corrected chi connectivity index (χ2v) is 14.4. The Kier molecular flexibility index (Phi) is 9.12. The molecule has 4 heterocycles. The maximum atomic E-state index is 12.9. The first-order chi connectivity index (χ1) is 18.9. The quantitative estimate of drug-likeness (QED) is 0.368. The van der Waals surface area contributed by atoms with Crippen molar-refractivity contribution in [2.75, 3.05) is 26.7 Å². The molecule has 11 nitrogen and oxygen atoms in total. The molecular weight excluding hydrogens is 577 g/mol. The van der Waals surface area contributed by atoms with E-state index in [4.69, 9.17) is 9.47 Å². The van der Waals surface area contributed by atoms with Crippen molar-refractivity contribution >= 4 is 60.1 Å². The van der Waals surface area contributed by atoms with Crippen molar-refractivity contribution in [1.82, 2.24) is 19.9 Å². The normalized spacial score (nSPS) is 15.6. The minimum absolute atomic E-state index is 0.111. The van der Waals surface area contributed by atoms with E-state index in [1.807, 2.05) is 20.8 Å². The fourth-order valence-corrected chi connectivity index (χ4v) is 7.90. The number of carbonyl (C=O) groups is 3. The van der Waals surface area contributed by atoms with Crippen LogP contribution in [0.25, 0.3) is 9.40 Å². The number of rotatable bonds is 8. The van der Waals surface area contributed by atoms with Crippen LogP contribution in [0, 0.1) is 0 Å². The molecule has 2 amide bonds. The lowest BCUT2D eigenvalue weighted by Gasteiger charge is -2.33. The summed E-state index contributed by atoms with van der Waals surface area (Å²) in [5.74, 6) is -0.924. The molecule has 1 fully saturated rings. The van der Waals surface area contributed by atoms with Crippen LogP contribution in [0.2, 0.25) is 0 Å². The Morgan fingerprint density at radius 3 is 2.50 bits per heavy atom. The number of hydrogen-bond acceptors (Lipinski definition) is 10. The molecule has 0 bridgehead atoms. The first kappa shape index (κ1) is 29.9. The summed E-state index contributed by atoms with van der Waals surface area (Å²) in [6.45, 7) is 6.53. The maximum Gasteiger partial charge on any atom is 0.410 e. The minimum atomic E-state index is -4.06. The third-order valence-electron chi connectivity index (χ3n) is 6.20. The van der Waals surface area contributed by atoms with Crippen LogP contribution in [0.3, 0.4) is 0 Å². The van der Waals surface area contributed by atoms with Crippen LogP contribution >= 0.6 is 22.7 Å². The van der Waals surface area contributed by atoms with Gasteiger partial charge in [-0.15, -0.1) is 22.7 Å². The Bertz CT molecular complexity index is 1440. The van der Waals surface area contributed by atoms with Crippen molar-refractivity contribution in [3.05, 3.63) is 46.4 Å². The summed E-state index contributed by atoms with van der Waals surface area (Å²) in [4.78, 5) is 44.5. The van der Waals surface area contributed by atoms with Crippen LogP contribution in [0.4, 0.5) is 4.79 Å². The number of sulfonamides is 1. The molecule has 0 spiro atoms. The molecule has 0 aliphatic carbocycles. The number of amides is 2. The molecule has 0 saturated carbocycles. The zero-order valence-electron chi connectivity index (χ0n) is 22.6. The van der Waals surface area contributed by atoms with Gasteiger partial charge in [-0.3, -0.25) is 14.6 Å². The van der Waals surface area contributed by atoms with Gasteiger partial charge in [-0.1, -0.05) is 0 Å². The van der Waals surface area contributed by atoms with E-state index < -0.39 is 33.5 Å². The Balaban J connectivity index is 1.35. The average molecular weight is 609 g/mol. The van der Waals surface area contributed by atoms with E-state index in [-0.39, 0.29) is 17.5 Å². The number of aromatic nitrogens is 1. The minimum Gasteiger partial charge on any atom is -0.468 e. The molecule has 4 rings (SSSR count). The second kappa shape index (κ2) is 12.2. The third-order valence-corrected chi connectivity index (χ3v) is 10.2. The molecule has 0 aromatic carbocycles. The van der Waals surface area contributed by atoms with Crippen LogP contribution in [-0.4, -0.2) is 74.7 Å². The summed E-state index contributed by atoms with van der Waals surface area (Å²) in [6, 6.07) is 5.36. The third kappa shape index (κ3) is 7.36. The molecule has 1 aliphatic heterocycles. The number of pyridine rings is 1. The van der Waals surface area contributed by atoms with Crippen molar-refractivity contribution in [3.8, 4) is 0 Å². The van der Waals surface area contributed by atoms with Crippen molar-refractivity contribution in [1.29, 1.82) is 0 Å². The van der Waals surface area contributed by atoms with Gasteiger partial charge in [-0.25, -0.2) is 13.2 Å². The van der Waals surface area contributed by atoms with Gasteiger partial charge in [-0.2, -0.15) is 4.72 Å². The van der Waals surface area contributed by atoms with E-state index in [1.54, 1.807) is 22.3 Å². The highest BCUT2D eigenvalue weighted by molar-refractivity contribution is 7.89.